The van der Waals surface area contributed by atoms with E-state index in [4.69, 9.17) is 30.8 Å². The van der Waals surface area contributed by atoms with Crippen LogP contribution in [-0.2, 0) is 22.6 Å². The molecule has 3 amide bonds. The number of carbonyl (C=O) groups is 4. The molecule has 6 heterocycles. The molecule has 2 aliphatic rings. The SMILES string of the molecule is CC(C)(C)OC(=O)N1Cc2c(c3ccc4cnc(Cl)cc4c3n2C(=O)OC(C)(C)C)C1=O.COc1ccc(/C=C/c2cc3c(ccc4c5c(nc43)CNC5=O)c[nH]2)cc1. The van der Waals surface area contributed by atoms with Crippen molar-refractivity contribution < 1.29 is 33.4 Å². The molecule has 0 radical (unpaired) electrons. The summed E-state index contributed by atoms with van der Waals surface area (Å²) in [4.78, 5) is 64.4. The maximum absolute atomic E-state index is 13.3. The molecule has 300 valence electrons. The normalized spacial score (nSPS) is 13.9. The molecule has 9 rings (SSSR count). The molecule has 14 heteroatoms. The van der Waals surface area contributed by atoms with Gasteiger partial charge in [-0.25, -0.2) is 29.0 Å². The monoisotopic (exact) mass is 812 g/mol. The van der Waals surface area contributed by atoms with Gasteiger partial charge in [0.2, 0.25) is 0 Å². The number of aromatic amines is 1. The lowest BCUT2D eigenvalue weighted by molar-refractivity contribution is 0.0241. The third-order valence-corrected chi connectivity index (χ3v) is 10.0. The number of pyridine rings is 2. The summed E-state index contributed by atoms with van der Waals surface area (Å²) >= 11 is 6.13. The molecule has 3 aromatic carbocycles. The lowest BCUT2D eigenvalue weighted by atomic mass is 10.1. The van der Waals surface area contributed by atoms with E-state index >= 15 is 0 Å². The molecule has 0 fully saturated rings. The van der Waals surface area contributed by atoms with Crippen LogP contribution in [0.1, 0.15) is 84.9 Å². The molecule has 7 aromatic rings. The summed E-state index contributed by atoms with van der Waals surface area (Å²) in [7, 11) is 1.66. The van der Waals surface area contributed by atoms with E-state index in [1.165, 1.54) is 4.57 Å². The minimum atomic E-state index is -0.771. The molecule has 0 bridgehead atoms. The molecule has 0 saturated heterocycles. The van der Waals surface area contributed by atoms with Gasteiger partial charge in [-0.15, -0.1) is 0 Å². The van der Waals surface area contributed by atoms with Gasteiger partial charge < -0.3 is 24.5 Å². The third-order valence-electron chi connectivity index (χ3n) is 9.81. The topological polar surface area (TPSA) is 158 Å². The molecular weight excluding hydrogens is 772 g/mol. The average molecular weight is 813 g/mol. The molecule has 0 unspecified atom stereocenters. The van der Waals surface area contributed by atoms with Gasteiger partial charge in [0.05, 0.1) is 53.7 Å². The molecule has 0 atom stereocenters. The zero-order valence-corrected chi connectivity index (χ0v) is 34.3. The highest BCUT2D eigenvalue weighted by atomic mass is 35.5. The Bertz CT molecular complexity index is 2920. The summed E-state index contributed by atoms with van der Waals surface area (Å²) in [5.41, 5.74) is 4.09. The number of hydrogen-bond acceptors (Lipinski definition) is 9. The van der Waals surface area contributed by atoms with E-state index < -0.39 is 29.3 Å². The summed E-state index contributed by atoms with van der Waals surface area (Å²) in [6.45, 7) is 10.8. The van der Waals surface area contributed by atoms with Crippen LogP contribution in [0, 0.1) is 0 Å². The largest absolute Gasteiger partial charge is 0.497 e. The van der Waals surface area contributed by atoms with Crippen LogP contribution in [0.25, 0.3) is 55.5 Å². The number of aromatic nitrogens is 4. The summed E-state index contributed by atoms with van der Waals surface area (Å²) in [5.74, 6) is 0.279. The van der Waals surface area contributed by atoms with Crippen LogP contribution >= 0.6 is 11.6 Å². The fraction of sp³-hybridized carbons (Fsp3) is 0.244. The highest BCUT2D eigenvalue weighted by Crippen LogP contribution is 2.39. The van der Waals surface area contributed by atoms with Crippen LogP contribution in [0.3, 0.4) is 0 Å². The molecular formula is C45H41ClN6O7. The molecule has 59 heavy (non-hydrogen) atoms. The quantitative estimate of drug-likeness (QED) is 0.166. The smallest absolute Gasteiger partial charge is 0.419 e. The second-order valence-corrected chi connectivity index (χ2v) is 16.7. The number of carbonyl (C=O) groups excluding carboxylic acids is 4. The van der Waals surface area contributed by atoms with Crippen LogP contribution in [0.5, 0.6) is 5.75 Å². The number of hydrogen-bond donors (Lipinski definition) is 2. The first-order valence-corrected chi connectivity index (χ1v) is 19.3. The highest BCUT2D eigenvalue weighted by molar-refractivity contribution is 6.31. The second kappa shape index (κ2) is 14.6. The van der Waals surface area contributed by atoms with Crippen LogP contribution in [0.15, 0.2) is 73.1 Å². The summed E-state index contributed by atoms with van der Waals surface area (Å²) in [5, 5.41) is 8.05. The lowest BCUT2D eigenvalue weighted by Gasteiger charge is -2.24. The number of fused-ring (bicyclic) bond motifs is 10. The molecule has 2 N–H and O–H groups in total. The molecule has 13 nitrogen and oxygen atoms in total. The van der Waals surface area contributed by atoms with Crippen LogP contribution in [-0.4, -0.2) is 66.7 Å². The van der Waals surface area contributed by atoms with Crippen molar-refractivity contribution in [1.29, 1.82) is 0 Å². The first-order valence-electron chi connectivity index (χ1n) is 18.9. The van der Waals surface area contributed by atoms with E-state index in [1.807, 2.05) is 54.7 Å². The van der Waals surface area contributed by atoms with Gasteiger partial charge in [-0.1, -0.05) is 54.1 Å². The van der Waals surface area contributed by atoms with Crippen molar-refractivity contribution in [2.45, 2.75) is 65.8 Å². The summed E-state index contributed by atoms with van der Waals surface area (Å²) in [6.07, 6.45) is 6.23. The van der Waals surface area contributed by atoms with E-state index in [0.29, 0.717) is 28.5 Å². The molecule has 2 aliphatic heterocycles. The molecule has 0 spiro atoms. The van der Waals surface area contributed by atoms with Crippen molar-refractivity contribution in [3.63, 3.8) is 0 Å². The number of methoxy groups -OCH3 is 1. The van der Waals surface area contributed by atoms with Crippen molar-refractivity contribution in [1.82, 2.24) is 29.7 Å². The Labute approximate surface area is 343 Å². The van der Waals surface area contributed by atoms with E-state index in [0.717, 1.165) is 60.2 Å². The van der Waals surface area contributed by atoms with Crippen LogP contribution in [0.2, 0.25) is 5.15 Å². The Morgan fingerprint density at radius 3 is 2.22 bits per heavy atom. The van der Waals surface area contributed by atoms with Gasteiger partial charge in [0, 0.05) is 45.0 Å². The number of ether oxygens (including phenoxy) is 3. The third kappa shape index (κ3) is 7.45. The Balaban J connectivity index is 0.000000166. The first-order chi connectivity index (χ1) is 28.0. The number of amides is 3. The number of benzene rings is 3. The predicted molar refractivity (Wildman–Crippen MR) is 227 cm³/mol. The summed E-state index contributed by atoms with van der Waals surface area (Å²) < 4.78 is 17.6. The van der Waals surface area contributed by atoms with Crippen molar-refractivity contribution in [2.24, 2.45) is 0 Å². The van der Waals surface area contributed by atoms with Gasteiger partial charge in [-0.3, -0.25) is 9.59 Å². The maximum Gasteiger partial charge on any atom is 0.419 e. The van der Waals surface area contributed by atoms with Gasteiger partial charge in [-0.05, 0) is 82.8 Å². The van der Waals surface area contributed by atoms with Crippen molar-refractivity contribution in [3.05, 3.63) is 112 Å². The minimum absolute atomic E-state index is 0.0334. The predicted octanol–water partition coefficient (Wildman–Crippen LogP) is 9.66. The van der Waals surface area contributed by atoms with Crippen LogP contribution < -0.4 is 10.1 Å². The zero-order valence-electron chi connectivity index (χ0n) is 33.5. The van der Waals surface area contributed by atoms with Gasteiger partial charge in [0.1, 0.15) is 22.1 Å². The Morgan fingerprint density at radius 2 is 1.51 bits per heavy atom. The van der Waals surface area contributed by atoms with Crippen molar-refractivity contribution >= 4 is 91.1 Å². The number of rotatable bonds is 3. The fourth-order valence-electron chi connectivity index (χ4n) is 7.30. The minimum Gasteiger partial charge on any atom is -0.497 e. The average Bonchev–Trinajstić information content (AvgIpc) is 3.92. The molecule has 4 aromatic heterocycles. The maximum atomic E-state index is 13.3. The van der Waals surface area contributed by atoms with Gasteiger partial charge in [0.15, 0.2) is 0 Å². The fourth-order valence-corrected chi connectivity index (χ4v) is 7.46. The Hall–Kier alpha value is -6.73. The zero-order chi connectivity index (χ0) is 42.0. The number of H-pyrrole nitrogens is 1. The van der Waals surface area contributed by atoms with Crippen molar-refractivity contribution in [2.75, 3.05) is 7.11 Å². The second-order valence-electron chi connectivity index (χ2n) is 16.3. The van der Waals surface area contributed by atoms with Gasteiger partial charge in [0.25, 0.3) is 11.8 Å². The number of imide groups is 1. The lowest BCUT2D eigenvalue weighted by Crippen LogP contribution is -2.37. The number of halogens is 1. The van der Waals surface area contributed by atoms with E-state index in [1.54, 1.807) is 73.0 Å². The first kappa shape index (κ1) is 39.1. The highest BCUT2D eigenvalue weighted by Gasteiger charge is 2.41. The van der Waals surface area contributed by atoms with Gasteiger partial charge >= 0.3 is 12.2 Å². The Kier molecular flexibility index (Phi) is 9.66. The van der Waals surface area contributed by atoms with Gasteiger partial charge in [-0.2, -0.15) is 0 Å². The Morgan fingerprint density at radius 1 is 0.814 bits per heavy atom. The van der Waals surface area contributed by atoms with E-state index in [2.05, 4.69) is 21.4 Å². The van der Waals surface area contributed by atoms with Crippen LogP contribution in [0.4, 0.5) is 9.59 Å². The van der Waals surface area contributed by atoms with Crippen molar-refractivity contribution in [3.8, 4) is 5.75 Å². The standard InChI is InChI=1S/C23H24ClN3O5.C22H17N3O2/c1-22(2,3)31-20(29)26-11-15-17(19(26)28)13-8-7-12-10-25-16(24)9-14(12)18(13)27(15)21(30)32-23(4,5)6;1-27-16-7-3-13(4-8-16)2-6-15-10-18-14(11-23-15)5-9-17-20-19(25-21(17)18)12-24-22(20)26/h7-10H,11H2,1-6H3;2-11,23H,12H2,1H3,(H,24,26)/b;6-2+. The van der Waals surface area contributed by atoms with E-state index in [-0.39, 0.29) is 23.2 Å². The molecule has 0 saturated carbocycles. The number of nitrogens with one attached hydrogen (secondary N) is 2. The molecule has 0 aliphatic carbocycles. The number of nitrogens with zero attached hydrogens (tertiary/aromatic N) is 4. The summed E-state index contributed by atoms with van der Waals surface area (Å²) in [6, 6.07) is 19.2. The van der Waals surface area contributed by atoms with E-state index in [9.17, 15) is 19.2 Å².